The van der Waals surface area contributed by atoms with Gasteiger partial charge in [0.2, 0.25) is 0 Å². The fraction of sp³-hybridized carbons (Fsp3) is 0.500. The minimum atomic E-state index is -0.400. The van der Waals surface area contributed by atoms with Crippen LogP contribution in [0.4, 0.5) is 4.39 Å². The van der Waals surface area contributed by atoms with E-state index >= 15 is 0 Å². The summed E-state index contributed by atoms with van der Waals surface area (Å²) in [4.78, 5) is 4.41. The molecule has 1 aromatic carbocycles. The van der Waals surface area contributed by atoms with Gasteiger partial charge in [-0.2, -0.15) is 11.8 Å². The van der Waals surface area contributed by atoms with E-state index in [-0.39, 0.29) is 5.75 Å². The maximum absolute atomic E-state index is 13.7. The summed E-state index contributed by atoms with van der Waals surface area (Å²) in [6, 6.07) is 3.10. The molecule has 0 amide bonds. The molecule has 1 unspecified atom stereocenters. The Morgan fingerprint density at radius 3 is 2.85 bits per heavy atom. The molecule has 0 aliphatic rings. The zero-order valence-corrected chi connectivity index (χ0v) is 13.4. The molecule has 0 spiro atoms. The molecule has 6 heteroatoms. The van der Waals surface area contributed by atoms with E-state index in [1.807, 2.05) is 11.8 Å². The molecule has 0 fully saturated rings. The van der Waals surface area contributed by atoms with Gasteiger partial charge in [-0.25, -0.2) is 9.37 Å². The van der Waals surface area contributed by atoms with E-state index in [2.05, 4.69) is 22.7 Å². The van der Waals surface area contributed by atoms with Crippen molar-refractivity contribution in [1.29, 1.82) is 0 Å². The molecule has 2 aromatic rings. The molecule has 1 heterocycles. The Hall–Kier alpha value is -0.940. The molecular weight excluding hydrogens is 299 g/mol. The van der Waals surface area contributed by atoms with Gasteiger partial charge in [-0.15, -0.1) is 11.6 Å². The van der Waals surface area contributed by atoms with Gasteiger partial charge in [0.05, 0.1) is 24.0 Å². The van der Waals surface area contributed by atoms with Crippen molar-refractivity contribution in [3.63, 3.8) is 0 Å². The van der Waals surface area contributed by atoms with Crippen LogP contribution >= 0.6 is 23.4 Å². The number of alkyl halides is 1. The van der Waals surface area contributed by atoms with Gasteiger partial charge < -0.3 is 9.30 Å². The average molecular weight is 317 g/mol. The number of nitrogens with zero attached hydrogens (tertiary/aromatic N) is 2. The monoisotopic (exact) mass is 316 g/mol. The van der Waals surface area contributed by atoms with Gasteiger partial charge >= 0.3 is 0 Å². The van der Waals surface area contributed by atoms with Gasteiger partial charge in [-0.3, -0.25) is 0 Å². The number of ether oxygens (including phenoxy) is 1. The number of benzene rings is 1. The Morgan fingerprint density at radius 2 is 2.25 bits per heavy atom. The van der Waals surface area contributed by atoms with Crippen LogP contribution in [0.5, 0.6) is 5.75 Å². The van der Waals surface area contributed by atoms with Crippen molar-refractivity contribution in [3.05, 3.63) is 23.8 Å². The van der Waals surface area contributed by atoms with Crippen molar-refractivity contribution in [3.8, 4) is 5.75 Å². The fourth-order valence-corrected chi connectivity index (χ4v) is 3.17. The molecular formula is C14H18ClFN2OS. The van der Waals surface area contributed by atoms with Crippen LogP contribution in [-0.4, -0.2) is 28.7 Å². The molecule has 0 saturated carbocycles. The van der Waals surface area contributed by atoms with E-state index in [0.29, 0.717) is 17.3 Å². The second-order valence-corrected chi connectivity index (χ2v) is 5.99. The molecule has 0 radical (unpaired) electrons. The minimum Gasteiger partial charge on any atom is -0.494 e. The Morgan fingerprint density at radius 1 is 1.50 bits per heavy atom. The topological polar surface area (TPSA) is 27.1 Å². The molecule has 2 rings (SSSR count). The highest BCUT2D eigenvalue weighted by molar-refractivity contribution is 7.98. The van der Waals surface area contributed by atoms with Crippen LogP contribution in [0.25, 0.3) is 11.0 Å². The first-order valence-corrected chi connectivity index (χ1v) is 8.31. The zero-order chi connectivity index (χ0) is 14.7. The zero-order valence-electron chi connectivity index (χ0n) is 11.8. The molecule has 0 saturated heterocycles. The van der Waals surface area contributed by atoms with E-state index in [1.165, 1.54) is 13.2 Å². The summed E-state index contributed by atoms with van der Waals surface area (Å²) in [5.41, 5.74) is 1.49. The molecule has 110 valence electrons. The van der Waals surface area contributed by atoms with Crippen LogP contribution in [0, 0.1) is 11.7 Å². The normalized spacial score (nSPS) is 12.8. The van der Waals surface area contributed by atoms with Gasteiger partial charge in [0.25, 0.3) is 0 Å². The standard InChI is InChI=1S/C14H18ClFN2OS/c1-9(8-20-3)7-18-12-5-13(19-2)10(16)4-11(12)17-14(18)6-15/h4-5,9H,6-8H2,1-3H3. The SMILES string of the molecule is COc1cc2c(cc1F)nc(CCl)n2CC(C)CSC. The van der Waals surface area contributed by atoms with Crippen molar-refractivity contribution in [2.45, 2.75) is 19.3 Å². The van der Waals surface area contributed by atoms with Crippen molar-refractivity contribution in [2.24, 2.45) is 5.92 Å². The number of methoxy groups -OCH3 is 1. The lowest BCUT2D eigenvalue weighted by molar-refractivity contribution is 0.387. The molecule has 0 N–H and O–H groups in total. The summed E-state index contributed by atoms with van der Waals surface area (Å²) in [5, 5.41) is 0. The Bertz CT molecular complexity index is 602. The third-order valence-electron chi connectivity index (χ3n) is 3.17. The van der Waals surface area contributed by atoms with Crippen LogP contribution in [0.1, 0.15) is 12.7 Å². The Balaban J connectivity index is 2.49. The third kappa shape index (κ3) is 3.04. The van der Waals surface area contributed by atoms with Crippen LogP contribution < -0.4 is 4.74 Å². The second kappa shape index (κ2) is 6.68. The highest BCUT2D eigenvalue weighted by atomic mass is 35.5. The van der Waals surface area contributed by atoms with Crippen molar-refractivity contribution in [2.75, 3.05) is 19.1 Å². The lowest BCUT2D eigenvalue weighted by Gasteiger charge is -2.14. The van der Waals surface area contributed by atoms with Crippen molar-refractivity contribution < 1.29 is 9.13 Å². The average Bonchev–Trinajstić information content (AvgIpc) is 2.75. The van der Waals surface area contributed by atoms with Crippen LogP contribution in [-0.2, 0) is 12.4 Å². The quantitative estimate of drug-likeness (QED) is 0.756. The smallest absolute Gasteiger partial charge is 0.167 e. The van der Waals surface area contributed by atoms with Crippen molar-refractivity contribution in [1.82, 2.24) is 9.55 Å². The number of hydrogen-bond donors (Lipinski definition) is 0. The predicted octanol–water partition coefficient (Wildman–Crippen LogP) is 3.92. The number of thioether (sulfide) groups is 1. The van der Waals surface area contributed by atoms with Gasteiger partial charge in [-0.1, -0.05) is 6.92 Å². The van der Waals surface area contributed by atoms with Crippen LogP contribution in [0.3, 0.4) is 0 Å². The molecule has 20 heavy (non-hydrogen) atoms. The maximum atomic E-state index is 13.7. The lowest BCUT2D eigenvalue weighted by atomic mass is 10.2. The van der Waals surface area contributed by atoms with Crippen molar-refractivity contribution >= 4 is 34.4 Å². The Kier molecular flexibility index (Phi) is 5.16. The summed E-state index contributed by atoms with van der Waals surface area (Å²) in [6.07, 6.45) is 2.09. The number of fused-ring (bicyclic) bond motifs is 1. The summed E-state index contributed by atoms with van der Waals surface area (Å²) < 4.78 is 20.8. The van der Waals surface area contributed by atoms with Crippen LogP contribution in [0.2, 0.25) is 0 Å². The number of hydrogen-bond acceptors (Lipinski definition) is 3. The van der Waals surface area contributed by atoms with Gasteiger partial charge in [0, 0.05) is 18.7 Å². The first-order valence-electron chi connectivity index (χ1n) is 6.38. The second-order valence-electron chi connectivity index (χ2n) is 4.81. The number of aromatic nitrogens is 2. The molecule has 1 atom stereocenters. The first-order chi connectivity index (χ1) is 9.60. The molecule has 0 aliphatic carbocycles. The predicted molar refractivity (Wildman–Crippen MR) is 83.3 cm³/mol. The molecule has 1 aromatic heterocycles. The largest absolute Gasteiger partial charge is 0.494 e. The lowest BCUT2D eigenvalue weighted by Crippen LogP contribution is -2.12. The van der Waals surface area contributed by atoms with E-state index < -0.39 is 5.82 Å². The highest BCUT2D eigenvalue weighted by Gasteiger charge is 2.15. The molecule has 0 bridgehead atoms. The maximum Gasteiger partial charge on any atom is 0.167 e. The number of halogens is 2. The minimum absolute atomic E-state index is 0.234. The number of rotatable bonds is 6. The summed E-state index contributed by atoms with van der Waals surface area (Å²) in [6.45, 7) is 3.00. The third-order valence-corrected chi connectivity index (χ3v) is 4.31. The van der Waals surface area contributed by atoms with Gasteiger partial charge in [0.1, 0.15) is 5.82 Å². The van der Waals surface area contributed by atoms with Gasteiger partial charge in [-0.05, 0) is 17.9 Å². The molecule has 3 nitrogen and oxygen atoms in total. The van der Waals surface area contributed by atoms with E-state index in [4.69, 9.17) is 16.3 Å². The summed E-state index contributed by atoms with van der Waals surface area (Å²) >= 11 is 7.77. The number of imidazole rings is 1. The van der Waals surface area contributed by atoms with Gasteiger partial charge in [0.15, 0.2) is 11.6 Å². The summed E-state index contributed by atoms with van der Waals surface area (Å²) in [7, 11) is 1.46. The molecule has 0 aliphatic heterocycles. The van der Waals surface area contributed by atoms with E-state index in [0.717, 1.165) is 23.6 Å². The van der Waals surface area contributed by atoms with Crippen LogP contribution in [0.15, 0.2) is 12.1 Å². The highest BCUT2D eigenvalue weighted by Crippen LogP contribution is 2.27. The van der Waals surface area contributed by atoms with E-state index in [9.17, 15) is 4.39 Å². The fourth-order valence-electron chi connectivity index (χ4n) is 2.29. The van der Waals surface area contributed by atoms with E-state index in [1.54, 1.807) is 6.07 Å². The summed E-state index contributed by atoms with van der Waals surface area (Å²) in [5.74, 6) is 2.45. The Labute approximate surface area is 127 Å². The first kappa shape index (κ1) is 15.4.